The maximum atomic E-state index is 11.6. The van der Waals surface area contributed by atoms with Gasteiger partial charge in [0.05, 0.1) is 23.4 Å². The van der Waals surface area contributed by atoms with Gasteiger partial charge >= 0.3 is 5.97 Å². The molecule has 0 aliphatic carbocycles. The molecule has 0 atom stereocenters. The smallest absolute Gasteiger partial charge is 0.339 e. The van der Waals surface area contributed by atoms with E-state index in [4.69, 9.17) is 11.6 Å². The third-order valence-electron chi connectivity index (χ3n) is 3.41. The van der Waals surface area contributed by atoms with Gasteiger partial charge in [-0.05, 0) is 35.9 Å². The molecule has 0 bridgehead atoms. The maximum absolute atomic E-state index is 11.6. The van der Waals surface area contributed by atoms with Gasteiger partial charge in [-0.3, -0.25) is 0 Å². The first-order valence-electron chi connectivity index (χ1n) is 8.31. The van der Waals surface area contributed by atoms with Crippen molar-refractivity contribution in [1.29, 1.82) is 0 Å². The van der Waals surface area contributed by atoms with Crippen LogP contribution in [0.5, 0.6) is 5.75 Å². The zero-order valence-corrected chi connectivity index (χ0v) is 16.5. The van der Waals surface area contributed by atoms with Gasteiger partial charge in [-0.2, -0.15) is 5.10 Å². The number of benzene rings is 2. The molecule has 2 N–H and O–H groups in total. The number of halogens is 1. The largest absolute Gasteiger partial charge is 0.508 e. The molecule has 0 saturated heterocycles. The van der Waals surface area contributed by atoms with E-state index in [9.17, 15) is 9.90 Å². The molecule has 0 fully saturated rings. The predicted molar refractivity (Wildman–Crippen MR) is 110 cm³/mol. The number of carbonyl (C=O) groups excluding carboxylic acids is 1. The van der Waals surface area contributed by atoms with Gasteiger partial charge in [-0.15, -0.1) is 0 Å². The van der Waals surface area contributed by atoms with E-state index >= 15 is 0 Å². The minimum atomic E-state index is -0.518. The first-order chi connectivity index (χ1) is 13.0. The first-order valence-corrected chi connectivity index (χ1v) is 8.69. The predicted octanol–water partition coefficient (Wildman–Crippen LogP) is 4.54. The Labute approximate surface area is 164 Å². The third kappa shape index (κ3) is 6.04. The zero-order chi connectivity index (χ0) is 20.4. The number of hydrogen-bond donors (Lipinski definition) is 2. The maximum Gasteiger partial charge on any atom is 0.339 e. The Morgan fingerprint density at radius 2 is 2.00 bits per heavy atom. The molecule has 2 aromatic rings. The molecule has 0 unspecified atom stereocenters. The van der Waals surface area contributed by atoms with E-state index in [0.29, 0.717) is 18.1 Å². The van der Waals surface area contributed by atoms with Crippen molar-refractivity contribution >= 4 is 30.0 Å². The van der Waals surface area contributed by atoms with Crippen LogP contribution >= 0.6 is 11.6 Å². The summed E-state index contributed by atoms with van der Waals surface area (Å²) >= 11 is 6.13. The van der Waals surface area contributed by atoms with Gasteiger partial charge in [0, 0.05) is 13.3 Å². The molecule has 0 radical (unpaired) electrons. The molecule has 0 spiro atoms. The number of carbonyl (C=O) groups is 1. The molecule has 0 saturated carbocycles. The van der Waals surface area contributed by atoms with Crippen LogP contribution in [0.2, 0.25) is 5.02 Å². The minimum absolute atomic E-state index is 0.189. The number of phenolic OH excluding ortho intramolecular Hbond substituents is 1. The highest BCUT2D eigenvalue weighted by molar-refractivity contribution is 6.33. The molecule has 2 rings (SSSR count). The van der Waals surface area contributed by atoms with Gasteiger partial charge in [0.25, 0.3) is 0 Å². The Hall–Kier alpha value is -2.99. The summed E-state index contributed by atoms with van der Waals surface area (Å²) in [7, 11) is 1.29. The Balaban J connectivity index is 0.00000176. The lowest BCUT2D eigenvalue weighted by Gasteiger charge is -2.22. The third-order valence-corrected chi connectivity index (χ3v) is 3.72. The fraction of sp³-hybridized carbons (Fsp3) is 0.200. The second-order valence-corrected chi connectivity index (χ2v) is 5.49. The van der Waals surface area contributed by atoms with Crippen molar-refractivity contribution < 1.29 is 14.6 Å². The van der Waals surface area contributed by atoms with Gasteiger partial charge in [0.2, 0.25) is 0 Å². The number of nitrogens with zero attached hydrogens (tertiary/aromatic N) is 2. The van der Waals surface area contributed by atoms with Crippen LogP contribution in [0, 0.1) is 0 Å². The van der Waals surface area contributed by atoms with E-state index in [-0.39, 0.29) is 16.3 Å². The summed E-state index contributed by atoms with van der Waals surface area (Å²) in [6.45, 7) is 11.9. The number of hydrogen-bond acceptors (Lipinski definition) is 6. The fourth-order valence-electron chi connectivity index (χ4n) is 2.18. The molecule has 0 aliphatic rings. The van der Waals surface area contributed by atoms with Crippen molar-refractivity contribution in [1.82, 2.24) is 5.32 Å². The monoisotopic (exact) mass is 389 g/mol. The second-order valence-electron chi connectivity index (χ2n) is 5.08. The lowest BCUT2D eigenvalue weighted by molar-refractivity contribution is 0.0601. The highest BCUT2D eigenvalue weighted by Gasteiger charge is 2.15. The van der Waals surface area contributed by atoms with E-state index in [1.54, 1.807) is 36.4 Å². The van der Waals surface area contributed by atoms with Crippen molar-refractivity contribution in [3.63, 3.8) is 0 Å². The highest BCUT2D eigenvalue weighted by Crippen LogP contribution is 2.26. The Bertz CT molecular complexity index is 809. The van der Waals surface area contributed by atoms with Crippen LogP contribution in [0.1, 0.15) is 29.8 Å². The number of esters is 1. The number of phenols is 1. The van der Waals surface area contributed by atoms with Crippen molar-refractivity contribution in [3.05, 3.63) is 71.0 Å². The number of anilines is 1. The highest BCUT2D eigenvalue weighted by atomic mass is 35.5. The summed E-state index contributed by atoms with van der Waals surface area (Å²) in [5.41, 5.74) is 1.72. The first kappa shape index (κ1) is 22.1. The van der Waals surface area contributed by atoms with Crippen LogP contribution in [0.3, 0.4) is 0 Å². The number of hydrazone groups is 1. The summed E-state index contributed by atoms with van der Waals surface area (Å²) in [6, 6.07) is 11.6. The van der Waals surface area contributed by atoms with Crippen LogP contribution in [0.15, 0.2) is 60.0 Å². The van der Waals surface area contributed by atoms with E-state index < -0.39 is 5.97 Å². The normalized spacial score (nSPS) is 9.48. The molecule has 2 aromatic carbocycles. The van der Waals surface area contributed by atoms with E-state index in [1.807, 2.05) is 19.9 Å². The number of methoxy groups -OCH3 is 1. The number of ether oxygens (including phenoxy) is 1. The van der Waals surface area contributed by atoms with E-state index in [0.717, 1.165) is 5.56 Å². The lowest BCUT2D eigenvalue weighted by atomic mass is 10.2. The van der Waals surface area contributed by atoms with Crippen molar-refractivity contribution in [3.8, 4) is 5.75 Å². The molecule has 27 heavy (non-hydrogen) atoms. The summed E-state index contributed by atoms with van der Waals surface area (Å²) in [5.74, 6) is 0.129. The molecule has 7 heteroatoms. The molecule has 0 amide bonds. The molecule has 0 aliphatic heterocycles. The van der Waals surface area contributed by atoms with Crippen LogP contribution < -0.4 is 10.3 Å². The van der Waals surface area contributed by atoms with Crippen molar-refractivity contribution in [2.45, 2.75) is 20.4 Å². The van der Waals surface area contributed by atoms with Crippen molar-refractivity contribution in [2.24, 2.45) is 5.10 Å². The topological polar surface area (TPSA) is 74.2 Å². The molecule has 144 valence electrons. The van der Waals surface area contributed by atoms with Crippen LogP contribution in [-0.2, 0) is 11.3 Å². The van der Waals surface area contributed by atoms with Gasteiger partial charge in [-0.1, -0.05) is 44.2 Å². The molecule has 0 heterocycles. The van der Waals surface area contributed by atoms with E-state index in [2.05, 4.69) is 28.5 Å². The number of rotatable bonds is 7. The van der Waals surface area contributed by atoms with Gasteiger partial charge < -0.3 is 15.2 Å². The van der Waals surface area contributed by atoms with Crippen LogP contribution in [0.25, 0.3) is 0 Å². The van der Waals surface area contributed by atoms with Crippen molar-refractivity contribution in [2.75, 3.05) is 12.1 Å². The Morgan fingerprint density at radius 3 is 2.56 bits per heavy atom. The number of aromatic hydroxyl groups is 1. The van der Waals surface area contributed by atoms with Crippen LogP contribution in [0.4, 0.5) is 5.69 Å². The van der Waals surface area contributed by atoms with E-state index in [1.165, 1.54) is 12.1 Å². The molecule has 0 aromatic heterocycles. The minimum Gasteiger partial charge on any atom is -0.508 e. The SMILES string of the molecule is C=NN(C(=C)NCc1cccc(O)c1)c1ccc(C(=O)OC)c(Cl)c1.CC. The average Bonchev–Trinajstić information content (AvgIpc) is 2.68. The summed E-state index contributed by atoms with van der Waals surface area (Å²) < 4.78 is 4.67. The quantitative estimate of drug-likeness (QED) is 0.413. The fourth-order valence-corrected chi connectivity index (χ4v) is 2.43. The number of nitrogens with one attached hydrogen (secondary N) is 1. The van der Waals surface area contributed by atoms with Gasteiger partial charge in [0.1, 0.15) is 11.6 Å². The summed E-state index contributed by atoms with van der Waals surface area (Å²) in [6.07, 6.45) is 0. The van der Waals surface area contributed by atoms with Crippen LogP contribution in [-0.4, -0.2) is 24.9 Å². The standard InChI is InChI=1S/C18H18ClN3O3.C2H6/c1-12(21-11-13-5-4-6-15(23)9-13)22(20-2)14-7-8-16(17(19)10-14)18(24)25-3;1-2/h4-10,21,23H,1-2,11H2,3H3;1-2H3. The average molecular weight is 390 g/mol. The molecular weight excluding hydrogens is 366 g/mol. The molecular formula is C20H24ClN3O3. The Kier molecular flexibility index (Phi) is 8.89. The lowest BCUT2D eigenvalue weighted by Crippen LogP contribution is -2.26. The summed E-state index contributed by atoms with van der Waals surface area (Å²) in [5, 5.41) is 18.2. The Morgan fingerprint density at radius 1 is 1.30 bits per heavy atom. The van der Waals surface area contributed by atoms with Gasteiger partial charge in [0.15, 0.2) is 0 Å². The van der Waals surface area contributed by atoms with Gasteiger partial charge in [-0.25, -0.2) is 9.80 Å². The zero-order valence-electron chi connectivity index (χ0n) is 15.7. The second kappa shape index (κ2) is 10.9. The molecule has 6 nitrogen and oxygen atoms in total. The summed E-state index contributed by atoms with van der Waals surface area (Å²) in [4.78, 5) is 11.6.